The fraction of sp³-hybridized carbons (Fsp3) is 0.500. The van der Waals surface area contributed by atoms with Crippen molar-refractivity contribution in [3.63, 3.8) is 0 Å². The van der Waals surface area contributed by atoms with Gasteiger partial charge in [-0.15, -0.1) is 0 Å². The van der Waals surface area contributed by atoms with Gasteiger partial charge in [0.1, 0.15) is 18.0 Å². The second kappa shape index (κ2) is 3.15. The van der Waals surface area contributed by atoms with Gasteiger partial charge in [0.05, 0.1) is 0 Å². The lowest BCUT2D eigenvalue weighted by atomic mass is 9.96. The maximum absolute atomic E-state index is 12.5. The minimum absolute atomic E-state index is 0.627. The van der Waals surface area contributed by atoms with E-state index in [4.69, 9.17) is 5.11 Å². The van der Waals surface area contributed by atoms with E-state index in [9.17, 15) is 9.50 Å². The number of hydrogen-bond acceptors (Lipinski definition) is 2. The monoisotopic (exact) mass is 158 g/mol. The van der Waals surface area contributed by atoms with Gasteiger partial charge in [0.25, 0.3) is 0 Å². The zero-order valence-electron chi connectivity index (χ0n) is 6.29. The molecular weight excluding hydrogens is 147 g/mol. The Labute approximate surface area is 64.7 Å². The Hall–Kier alpha value is -0.670. The topological polar surface area (TPSA) is 40.5 Å². The van der Waals surface area contributed by atoms with E-state index < -0.39 is 18.0 Å². The highest BCUT2D eigenvalue weighted by molar-refractivity contribution is 5.28. The summed E-state index contributed by atoms with van der Waals surface area (Å²) >= 11 is 0. The summed E-state index contributed by atoms with van der Waals surface area (Å²) < 4.78 is 12.5. The number of rotatable bonds is 1. The van der Waals surface area contributed by atoms with Gasteiger partial charge in [0, 0.05) is 0 Å². The zero-order chi connectivity index (χ0) is 8.43. The first-order valence-electron chi connectivity index (χ1n) is 3.59. The molecule has 2 N–H and O–H groups in total. The van der Waals surface area contributed by atoms with Crippen LogP contribution in [0.3, 0.4) is 0 Å². The summed E-state index contributed by atoms with van der Waals surface area (Å²) in [6, 6.07) is 0. The molecule has 11 heavy (non-hydrogen) atoms. The fourth-order valence-electron chi connectivity index (χ4n) is 1.06. The Morgan fingerprint density at radius 1 is 1.36 bits per heavy atom. The molecule has 3 heteroatoms. The predicted octanol–water partition coefficient (Wildman–Crippen LogP) is 0.912. The van der Waals surface area contributed by atoms with Crippen LogP contribution in [-0.2, 0) is 0 Å². The van der Waals surface area contributed by atoms with Crippen LogP contribution in [-0.4, -0.2) is 22.4 Å². The molecule has 0 aromatic rings. The van der Waals surface area contributed by atoms with Gasteiger partial charge < -0.3 is 10.2 Å². The predicted molar refractivity (Wildman–Crippen MR) is 39.6 cm³/mol. The van der Waals surface area contributed by atoms with Crippen molar-refractivity contribution in [2.24, 2.45) is 0 Å². The van der Waals surface area contributed by atoms with Crippen molar-refractivity contribution in [2.45, 2.75) is 25.6 Å². The van der Waals surface area contributed by atoms with Gasteiger partial charge >= 0.3 is 0 Å². The number of aliphatic hydroxyl groups is 2. The van der Waals surface area contributed by atoms with Gasteiger partial charge in [-0.1, -0.05) is 13.0 Å². The molecule has 0 spiro atoms. The van der Waals surface area contributed by atoms with Crippen LogP contribution in [0.5, 0.6) is 0 Å². The van der Waals surface area contributed by atoms with Crippen molar-refractivity contribution in [3.8, 4) is 0 Å². The first-order chi connectivity index (χ1) is 5.16. The lowest BCUT2D eigenvalue weighted by Gasteiger charge is -2.21. The quantitative estimate of drug-likeness (QED) is 0.595. The van der Waals surface area contributed by atoms with Crippen molar-refractivity contribution in [3.05, 3.63) is 23.6 Å². The van der Waals surface area contributed by atoms with Crippen molar-refractivity contribution >= 4 is 0 Å². The highest BCUT2D eigenvalue weighted by Crippen LogP contribution is 2.22. The molecule has 0 radical (unpaired) electrons. The lowest BCUT2D eigenvalue weighted by Crippen LogP contribution is -2.30. The van der Waals surface area contributed by atoms with Gasteiger partial charge in [0.2, 0.25) is 0 Å². The summed E-state index contributed by atoms with van der Waals surface area (Å²) in [5.41, 5.74) is 0.666. The summed E-state index contributed by atoms with van der Waals surface area (Å²) in [5, 5.41) is 18.2. The highest BCUT2D eigenvalue weighted by Gasteiger charge is 2.25. The SMILES string of the molecule is CCC1=CC=C(F)[C@H](O)[C@@H]1O. The van der Waals surface area contributed by atoms with E-state index in [0.29, 0.717) is 12.0 Å². The van der Waals surface area contributed by atoms with Gasteiger partial charge in [-0.05, 0) is 18.1 Å². The van der Waals surface area contributed by atoms with E-state index in [0.717, 1.165) is 0 Å². The summed E-state index contributed by atoms with van der Waals surface area (Å²) in [5.74, 6) is -0.672. The number of hydrogen-bond donors (Lipinski definition) is 2. The van der Waals surface area contributed by atoms with Crippen LogP contribution in [0, 0.1) is 0 Å². The molecule has 0 saturated heterocycles. The molecule has 1 rings (SSSR count). The number of aliphatic hydroxyl groups excluding tert-OH is 2. The Bertz CT molecular complexity index is 208. The molecule has 1 aliphatic carbocycles. The van der Waals surface area contributed by atoms with Gasteiger partial charge in [-0.2, -0.15) is 0 Å². The minimum atomic E-state index is -1.37. The maximum Gasteiger partial charge on any atom is 0.135 e. The second-order valence-electron chi connectivity index (χ2n) is 2.54. The van der Waals surface area contributed by atoms with Gasteiger partial charge in [-0.25, -0.2) is 4.39 Å². The molecule has 0 saturated carbocycles. The van der Waals surface area contributed by atoms with Gasteiger partial charge in [0.15, 0.2) is 0 Å². The first kappa shape index (κ1) is 8.43. The van der Waals surface area contributed by atoms with E-state index in [1.54, 1.807) is 0 Å². The summed E-state index contributed by atoms with van der Waals surface area (Å²) in [6.07, 6.45) is 0.894. The third-order valence-electron chi connectivity index (χ3n) is 1.83. The normalized spacial score (nSPS) is 31.3. The Balaban J connectivity index is 2.84. The van der Waals surface area contributed by atoms with E-state index in [2.05, 4.69) is 0 Å². The third kappa shape index (κ3) is 1.49. The Kier molecular flexibility index (Phi) is 2.42. The van der Waals surface area contributed by atoms with E-state index in [1.807, 2.05) is 6.92 Å². The van der Waals surface area contributed by atoms with E-state index >= 15 is 0 Å². The summed E-state index contributed by atoms with van der Waals surface area (Å²) in [7, 11) is 0. The van der Waals surface area contributed by atoms with E-state index in [1.165, 1.54) is 12.2 Å². The number of allylic oxidation sites excluding steroid dienone is 2. The standard InChI is InChI=1S/C8H11FO2/c1-2-5-3-4-6(9)8(11)7(5)10/h3-4,7-8,10-11H,2H2,1H3/t7-,8+/m1/s1. The largest absolute Gasteiger partial charge is 0.386 e. The molecular formula is C8H11FO2. The van der Waals surface area contributed by atoms with Crippen LogP contribution in [0.1, 0.15) is 13.3 Å². The Morgan fingerprint density at radius 2 is 2.00 bits per heavy atom. The number of halogens is 1. The van der Waals surface area contributed by atoms with Crippen LogP contribution < -0.4 is 0 Å². The van der Waals surface area contributed by atoms with Crippen LogP contribution in [0.15, 0.2) is 23.6 Å². The Morgan fingerprint density at radius 3 is 2.55 bits per heavy atom. The van der Waals surface area contributed by atoms with Gasteiger partial charge in [-0.3, -0.25) is 0 Å². The summed E-state index contributed by atoms with van der Waals surface area (Å²) in [4.78, 5) is 0. The molecule has 0 aromatic carbocycles. The molecule has 2 atom stereocenters. The molecule has 62 valence electrons. The smallest absolute Gasteiger partial charge is 0.135 e. The first-order valence-corrected chi connectivity index (χ1v) is 3.59. The summed E-state index contributed by atoms with van der Waals surface area (Å²) in [6.45, 7) is 1.85. The molecule has 0 amide bonds. The maximum atomic E-state index is 12.5. The average Bonchev–Trinajstić information content (AvgIpc) is 2.01. The van der Waals surface area contributed by atoms with Crippen molar-refractivity contribution in [1.29, 1.82) is 0 Å². The van der Waals surface area contributed by atoms with Crippen LogP contribution >= 0.6 is 0 Å². The van der Waals surface area contributed by atoms with Crippen LogP contribution in [0.4, 0.5) is 4.39 Å². The van der Waals surface area contributed by atoms with Crippen LogP contribution in [0.25, 0.3) is 0 Å². The third-order valence-corrected chi connectivity index (χ3v) is 1.83. The molecule has 0 unspecified atom stereocenters. The van der Waals surface area contributed by atoms with Crippen molar-refractivity contribution in [1.82, 2.24) is 0 Å². The highest BCUT2D eigenvalue weighted by atomic mass is 19.1. The van der Waals surface area contributed by atoms with E-state index in [-0.39, 0.29) is 0 Å². The molecule has 2 nitrogen and oxygen atoms in total. The molecule has 1 aliphatic rings. The van der Waals surface area contributed by atoms with Crippen molar-refractivity contribution < 1.29 is 14.6 Å². The lowest BCUT2D eigenvalue weighted by molar-refractivity contribution is 0.0478. The second-order valence-corrected chi connectivity index (χ2v) is 2.54. The van der Waals surface area contributed by atoms with Crippen LogP contribution in [0.2, 0.25) is 0 Å². The van der Waals surface area contributed by atoms with Crippen molar-refractivity contribution in [2.75, 3.05) is 0 Å². The molecule has 0 aromatic heterocycles. The fourth-order valence-corrected chi connectivity index (χ4v) is 1.06. The molecule has 0 heterocycles. The zero-order valence-corrected chi connectivity index (χ0v) is 6.29. The molecule has 0 aliphatic heterocycles. The minimum Gasteiger partial charge on any atom is -0.386 e. The average molecular weight is 158 g/mol. The molecule has 0 fully saturated rings. The molecule has 0 bridgehead atoms.